The third-order valence-electron chi connectivity index (χ3n) is 3.23. The number of amides is 1. The van der Waals surface area contributed by atoms with Crippen molar-refractivity contribution in [1.82, 2.24) is 5.32 Å². The van der Waals surface area contributed by atoms with E-state index in [1.165, 1.54) is 11.8 Å². The monoisotopic (exact) mass is 346 g/mol. The molecule has 3 rings (SSSR count). The first-order valence-corrected chi connectivity index (χ1v) is 8.53. The molecule has 0 bridgehead atoms. The first kappa shape index (κ1) is 15.9. The Labute approximate surface area is 143 Å². The molecular weight excluding hydrogens is 332 g/mol. The Bertz CT molecular complexity index is 735. The first-order chi connectivity index (χ1) is 11.2. The van der Waals surface area contributed by atoms with Crippen LogP contribution < -0.4 is 10.1 Å². The van der Waals surface area contributed by atoms with Crippen molar-refractivity contribution in [3.05, 3.63) is 53.6 Å². The summed E-state index contributed by atoms with van der Waals surface area (Å²) >= 11 is 7.78. The van der Waals surface area contributed by atoms with Gasteiger partial charge in [0.15, 0.2) is 11.8 Å². The van der Waals surface area contributed by atoms with E-state index in [0.717, 1.165) is 23.4 Å². The summed E-state index contributed by atoms with van der Waals surface area (Å²) in [4.78, 5) is 16.0. The van der Waals surface area contributed by atoms with Gasteiger partial charge in [0, 0.05) is 5.75 Å². The minimum absolute atomic E-state index is 0.0933. The average molecular weight is 347 g/mol. The molecule has 0 radical (unpaired) electrons. The zero-order chi connectivity index (χ0) is 16.1. The van der Waals surface area contributed by atoms with E-state index in [4.69, 9.17) is 16.3 Å². The molecule has 0 spiro atoms. The van der Waals surface area contributed by atoms with Gasteiger partial charge < -0.3 is 10.1 Å². The largest absolute Gasteiger partial charge is 0.482 e. The van der Waals surface area contributed by atoms with Crippen molar-refractivity contribution >= 4 is 34.4 Å². The van der Waals surface area contributed by atoms with E-state index >= 15 is 0 Å². The van der Waals surface area contributed by atoms with Crippen molar-refractivity contribution in [2.45, 2.75) is 0 Å². The number of amidine groups is 1. The quantitative estimate of drug-likeness (QED) is 0.920. The van der Waals surface area contributed by atoms with Crippen LogP contribution in [0.1, 0.15) is 0 Å². The molecular formula is C17H15ClN2O2S. The number of aliphatic imine (C=N–C) groups is 1. The summed E-state index contributed by atoms with van der Waals surface area (Å²) in [7, 11) is 0. The lowest BCUT2D eigenvalue weighted by molar-refractivity contribution is -0.121. The van der Waals surface area contributed by atoms with Gasteiger partial charge in [-0.2, -0.15) is 0 Å². The molecule has 2 aromatic rings. The smallest absolute Gasteiger partial charge is 0.263 e. The third-order valence-corrected chi connectivity index (χ3v) is 4.42. The number of nitrogens with one attached hydrogen (secondary N) is 1. The fourth-order valence-corrected chi connectivity index (χ4v) is 3.12. The highest BCUT2D eigenvalue weighted by atomic mass is 35.5. The molecule has 1 aliphatic heterocycles. The van der Waals surface area contributed by atoms with E-state index < -0.39 is 0 Å². The van der Waals surface area contributed by atoms with Crippen LogP contribution >= 0.6 is 23.4 Å². The van der Waals surface area contributed by atoms with Crippen LogP contribution in [0, 0.1) is 0 Å². The molecule has 1 N–H and O–H groups in total. The van der Waals surface area contributed by atoms with Crippen LogP contribution in [0.5, 0.6) is 5.75 Å². The van der Waals surface area contributed by atoms with Gasteiger partial charge in [-0.1, -0.05) is 59.8 Å². The van der Waals surface area contributed by atoms with E-state index in [1.54, 1.807) is 6.07 Å². The van der Waals surface area contributed by atoms with Crippen LogP contribution in [0.4, 0.5) is 0 Å². The van der Waals surface area contributed by atoms with E-state index in [2.05, 4.69) is 10.3 Å². The zero-order valence-electron chi connectivity index (χ0n) is 12.3. The molecule has 1 heterocycles. The Balaban J connectivity index is 1.61. The first-order valence-electron chi connectivity index (χ1n) is 7.17. The number of nitrogens with zero attached hydrogens (tertiary/aromatic N) is 1. The van der Waals surface area contributed by atoms with Crippen molar-refractivity contribution < 1.29 is 9.53 Å². The van der Waals surface area contributed by atoms with Crippen LogP contribution in [0.15, 0.2) is 53.5 Å². The van der Waals surface area contributed by atoms with Crippen LogP contribution in [-0.2, 0) is 4.79 Å². The van der Waals surface area contributed by atoms with Gasteiger partial charge in [-0.3, -0.25) is 9.79 Å². The van der Waals surface area contributed by atoms with Crippen LogP contribution in [0.25, 0.3) is 11.1 Å². The predicted octanol–water partition coefficient (Wildman–Crippen LogP) is 3.60. The summed E-state index contributed by atoms with van der Waals surface area (Å²) in [6.07, 6.45) is 0. The zero-order valence-corrected chi connectivity index (χ0v) is 13.9. The van der Waals surface area contributed by atoms with Crippen LogP contribution in [0.2, 0.25) is 5.02 Å². The number of rotatable bonds is 4. The summed E-state index contributed by atoms with van der Waals surface area (Å²) < 4.78 is 5.49. The van der Waals surface area contributed by atoms with Gasteiger partial charge in [0.1, 0.15) is 5.75 Å². The molecule has 0 unspecified atom stereocenters. The number of ether oxygens (including phenoxy) is 1. The minimum Gasteiger partial charge on any atom is -0.482 e. The fraction of sp³-hybridized carbons (Fsp3) is 0.176. The summed E-state index contributed by atoms with van der Waals surface area (Å²) in [5.41, 5.74) is 2.08. The number of thioether (sulfide) groups is 1. The third kappa shape index (κ3) is 4.27. The molecule has 0 fully saturated rings. The molecule has 6 heteroatoms. The van der Waals surface area contributed by atoms with E-state index in [1.807, 2.05) is 42.5 Å². The molecule has 1 aliphatic rings. The maximum absolute atomic E-state index is 11.8. The molecule has 2 aromatic carbocycles. The highest BCUT2D eigenvalue weighted by Crippen LogP contribution is 2.30. The SMILES string of the molecule is O=C(COc1ccc(-c2ccccc2)cc1Cl)NC1=NCCS1. The van der Waals surface area contributed by atoms with Crippen molar-refractivity contribution in [3.63, 3.8) is 0 Å². The number of carbonyl (C=O) groups excluding carboxylic acids is 1. The lowest BCUT2D eigenvalue weighted by Crippen LogP contribution is -2.32. The molecule has 0 aliphatic carbocycles. The molecule has 0 saturated heterocycles. The summed E-state index contributed by atoms with van der Waals surface area (Å²) in [6, 6.07) is 15.5. The van der Waals surface area contributed by atoms with Gasteiger partial charge in [-0.05, 0) is 23.3 Å². The number of carbonyl (C=O) groups is 1. The topological polar surface area (TPSA) is 50.7 Å². The van der Waals surface area contributed by atoms with Gasteiger partial charge in [-0.15, -0.1) is 0 Å². The number of halogens is 1. The van der Waals surface area contributed by atoms with E-state index in [9.17, 15) is 4.79 Å². The summed E-state index contributed by atoms with van der Waals surface area (Å²) in [5.74, 6) is 1.16. The predicted molar refractivity (Wildman–Crippen MR) is 95.3 cm³/mol. The van der Waals surface area contributed by atoms with Gasteiger partial charge in [0.25, 0.3) is 5.91 Å². The molecule has 23 heavy (non-hydrogen) atoms. The van der Waals surface area contributed by atoms with Gasteiger partial charge >= 0.3 is 0 Å². The van der Waals surface area contributed by atoms with Crippen molar-refractivity contribution in [2.75, 3.05) is 18.9 Å². The van der Waals surface area contributed by atoms with Gasteiger partial charge in [-0.25, -0.2) is 0 Å². The lowest BCUT2D eigenvalue weighted by atomic mass is 10.1. The highest BCUT2D eigenvalue weighted by Gasteiger charge is 2.12. The number of benzene rings is 2. The average Bonchev–Trinajstić information content (AvgIpc) is 3.07. The van der Waals surface area contributed by atoms with E-state index in [-0.39, 0.29) is 12.5 Å². The Morgan fingerprint density at radius 1 is 1.22 bits per heavy atom. The Hall–Kier alpha value is -1.98. The number of hydrogen-bond acceptors (Lipinski definition) is 4. The Morgan fingerprint density at radius 3 is 2.74 bits per heavy atom. The molecule has 0 saturated carbocycles. The molecule has 0 aromatic heterocycles. The number of hydrogen-bond donors (Lipinski definition) is 1. The highest BCUT2D eigenvalue weighted by molar-refractivity contribution is 8.14. The second kappa shape index (κ2) is 7.53. The molecule has 118 valence electrons. The van der Waals surface area contributed by atoms with Crippen LogP contribution in [0.3, 0.4) is 0 Å². The maximum atomic E-state index is 11.8. The van der Waals surface area contributed by atoms with Crippen molar-refractivity contribution in [1.29, 1.82) is 0 Å². The van der Waals surface area contributed by atoms with Gasteiger partial charge in [0.2, 0.25) is 0 Å². The molecule has 1 amide bonds. The fourth-order valence-electron chi connectivity index (χ4n) is 2.14. The summed E-state index contributed by atoms with van der Waals surface area (Å²) in [5, 5.41) is 3.85. The lowest BCUT2D eigenvalue weighted by Gasteiger charge is -2.10. The normalized spacial score (nSPS) is 13.5. The standard InChI is InChI=1S/C17H15ClN2O2S/c18-14-10-13(12-4-2-1-3-5-12)6-7-15(14)22-11-16(21)20-17-19-8-9-23-17/h1-7,10H,8-9,11H2,(H,19,20,21). The Kier molecular flexibility index (Phi) is 5.20. The summed E-state index contributed by atoms with van der Waals surface area (Å²) in [6.45, 7) is 0.651. The molecule has 4 nitrogen and oxygen atoms in total. The molecule has 0 atom stereocenters. The van der Waals surface area contributed by atoms with E-state index in [0.29, 0.717) is 15.9 Å². The van der Waals surface area contributed by atoms with Gasteiger partial charge in [0.05, 0.1) is 11.6 Å². The second-order valence-corrected chi connectivity index (χ2v) is 6.37. The second-order valence-electron chi connectivity index (χ2n) is 4.88. The van der Waals surface area contributed by atoms with Crippen molar-refractivity contribution in [3.8, 4) is 16.9 Å². The maximum Gasteiger partial charge on any atom is 0.263 e. The minimum atomic E-state index is -0.235. The van der Waals surface area contributed by atoms with Crippen LogP contribution in [-0.4, -0.2) is 30.0 Å². The Morgan fingerprint density at radius 2 is 2.04 bits per heavy atom. The van der Waals surface area contributed by atoms with Crippen molar-refractivity contribution in [2.24, 2.45) is 4.99 Å².